The molecule has 0 fully saturated rings. The number of benzene rings is 1. The van der Waals surface area contributed by atoms with Gasteiger partial charge in [0.1, 0.15) is 0 Å². The average Bonchev–Trinajstić information content (AvgIpc) is 2.19. The van der Waals surface area contributed by atoms with E-state index in [1.807, 2.05) is 0 Å². The average molecular weight is 254 g/mol. The Bertz CT molecular complexity index is 368. The Morgan fingerprint density at radius 3 is 2.50 bits per heavy atom. The predicted molar refractivity (Wildman–Crippen MR) is 55.2 cm³/mol. The van der Waals surface area contributed by atoms with Gasteiger partial charge in [0.2, 0.25) is 0 Å². The van der Waals surface area contributed by atoms with Crippen LogP contribution in [0.3, 0.4) is 0 Å². The Kier molecular flexibility index (Phi) is 4.18. The Labute approximate surface area is 95.8 Å². The molecule has 1 unspecified atom stereocenters. The molecule has 90 valence electrons. The molecule has 1 atom stereocenters. The van der Waals surface area contributed by atoms with E-state index >= 15 is 0 Å². The van der Waals surface area contributed by atoms with Gasteiger partial charge >= 0.3 is 6.18 Å². The minimum Gasteiger partial charge on any atom is -0.391 e. The number of halogens is 4. The molecule has 0 aromatic heterocycles. The van der Waals surface area contributed by atoms with Gasteiger partial charge in [0.05, 0.1) is 16.7 Å². The van der Waals surface area contributed by atoms with Crippen molar-refractivity contribution >= 4 is 11.6 Å². The van der Waals surface area contributed by atoms with Gasteiger partial charge in [-0.3, -0.25) is 0 Å². The fraction of sp³-hybridized carbons (Fsp3) is 0.400. The van der Waals surface area contributed by atoms with E-state index in [0.29, 0.717) is 5.56 Å². The molecule has 2 nitrogen and oxygen atoms in total. The zero-order chi connectivity index (χ0) is 12.3. The third-order valence-electron chi connectivity index (χ3n) is 2.08. The number of hydrogen-bond acceptors (Lipinski definition) is 2. The molecule has 1 aromatic rings. The number of aliphatic hydroxyl groups is 1. The monoisotopic (exact) mass is 253 g/mol. The topological polar surface area (TPSA) is 46.2 Å². The van der Waals surface area contributed by atoms with Crippen molar-refractivity contribution in [3.8, 4) is 0 Å². The number of aliphatic hydroxyl groups excluding tert-OH is 1. The Morgan fingerprint density at radius 1 is 1.38 bits per heavy atom. The molecule has 0 saturated carbocycles. The number of alkyl halides is 3. The standard InChI is InChI=1S/C10H11ClF3NO/c11-9-2-1-6(3-7(16)5-15)4-8(9)10(12,13)14/h1-2,4,7,16H,3,5,15H2. The van der Waals surface area contributed by atoms with Gasteiger partial charge in [0.15, 0.2) is 0 Å². The van der Waals surface area contributed by atoms with Gasteiger partial charge in [-0.25, -0.2) is 0 Å². The lowest BCUT2D eigenvalue weighted by molar-refractivity contribution is -0.137. The van der Waals surface area contributed by atoms with Gasteiger partial charge in [-0.05, 0) is 24.1 Å². The summed E-state index contributed by atoms with van der Waals surface area (Å²) in [6.45, 7) is 0.00395. The molecule has 0 radical (unpaired) electrons. The van der Waals surface area contributed by atoms with Crippen LogP contribution in [0.25, 0.3) is 0 Å². The summed E-state index contributed by atoms with van der Waals surface area (Å²) >= 11 is 5.44. The quantitative estimate of drug-likeness (QED) is 0.868. The van der Waals surface area contributed by atoms with Crippen LogP contribution < -0.4 is 5.73 Å². The molecule has 3 N–H and O–H groups in total. The molecular formula is C10H11ClF3NO. The highest BCUT2D eigenvalue weighted by atomic mass is 35.5. The van der Waals surface area contributed by atoms with Crippen LogP contribution in [0.15, 0.2) is 18.2 Å². The second kappa shape index (κ2) is 5.03. The van der Waals surface area contributed by atoms with Crippen LogP contribution in [-0.2, 0) is 12.6 Å². The summed E-state index contributed by atoms with van der Waals surface area (Å²) in [6, 6.07) is 3.54. The van der Waals surface area contributed by atoms with Crippen molar-refractivity contribution < 1.29 is 18.3 Å². The van der Waals surface area contributed by atoms with E-state index in [-0.39, 0.29) is 18.0 Å². The summed E-state index contributed by atoms with van der Waals surface area (Å²) in [7, 11) is 0. The molecule has 0 bridgehead atoms. The first-order valence-corrected chi connectivity index (χ1v) is 4.96. The zero-order valence-electron chi connectivity index (χ0n) is 8.26. The number of hydrogen-bond donors (Lipinski definition) is 2. The second-order valence-electron chi connectivity index (χ2n) is 3.41. The zero-order valence-corrected chi connectivity index (χ0v) is 9.02. The van der Waals surface area contributed by atoms with Crippen LogP contribution in [0.5, 0.6) is 0 Å². The maximum Gasteiger partial charge on any atom is 0.417 e. The third kappa shape index (κ3) is 3.37. The third-order valence-corrected chi connectivity index (χ3v) is 2.41. The van der Waals surface area contributed by atoms with Gasteiger partial charge < -0.3 is 10.8 Å². The molecule has 0 heterocycles. The predicted octanol–water partition coefficient (Wildman–Crippen LogP) is 2.22. The van der Waals surface area contributed by atoms with E-state index in [9.17, 15) is 18.3 Å². The van der Waals surface area contributed by atoms with Gasteiger partial charge in [-0.2, -0.15) is 13.2 Å². The molecule has 0 spiro atoms. The first-order valence-electron chi connectivity index (χ1n) is 4.58. The number of nitrogens with two attached hydrogens (primary N) is 1. The SMILES string of the molecule is NCC(O)Cc1ccc(Cl)c(C(F)(F)F)c1. The maximum absolute atomic E-state index is 12.5. The molecular weight excluding hydrogens is 243 g/mol. The molecule has 6 heteroatoms. The summed E-state index contributed by atoms with van der Waals surface area (Å²) in [5, 5.41) is 8.89. The van der Waals surface area contributed by atoms with Crippen LogP contribution >= 0.6 is 11.6 Å². The van der Waals surface area contributed by atoms with Gasteiger partial charge in [-0.1, -0.05) is 17.7 Å². The lowest BCUT2D eigenvalue weighted by Gasteiger charge is -2.12. The van der Waals surface area contributed by atoms with Crippen molar-refractivity contribution in [2.45, 2.75) is 18.7 Å². The molecule has 0 saturated heterocycles. The highest BCUT2D eigenvalue weighted by Gasteiger charge is 2.33. The Balaban J connectivity index is 2.99. The Morgan fingerprint density at radius 2 is 2.00 bits per heavy atom. The van der Waals surface area contributed by atoms with E-state index in [1.54, 1.807) is 0 Å². The second-order valence-corrected chi connectivity index (χ2v) is 3.81. The lowest BCUT2D eigenvalue weighted by atomic mass is 10.0. The van der Waals surface area contributed by atoms with Crippen molar-refractivity contribution in [3.05, 3.63) is 34.3 Å². The van der Waals surface area contributed by atoms with Crippen LogP contribution in [0.1, 0.15) is 11.1 Å². The lowest BCUT2D eigenvalue weighted by Crippen LogP contribution is -2.22. The minimum atomic E-state index is -4.49. The van der Waals surface area contributed by atoms with Crippen molar-refractivity contribution in [1.29, 1.82) is 0 Å². The summed E-state index contributed by atoms with van der Waals surface area (Å²) < 4.78 is 37.4. The summed E-state index contributed by atoms with van der Waals surface area (Å²) in [5.41, 5.74) is 4.64. The fourth-order valence-corrected chi connectivity index (χ4v) is 1.50. The van der Waals surface area contributed by atoms with Crippen LogP contribution in [-0.4, -0.2) is 17.8 Å². The minimum absolute atomic E-state index is 0.00395. The fourth-order valence-electron chi connectivity index (χ4n) is 1.27. The van der Waals surface area contributed by atoms with E-state index in [4.69, 9.17) is 17.3 Å². The largest absolute Gasteiger partial charge is 0.417 e. The summed E-state index contributed by atoms with van der Waals surface area (Å²) in [6.07, 6.45) is -5.25. The van der Waals surface area contributed by atoms with E-state index in [0.717, 1.165) is 6.07 Å². The highest BCUT2D eigenvalue weighted by molar-refractivity contribution is 6.31. The van der Waals surface area contributed by atoms with Crippen molar-refractivity contribution in [2.75, 3.05) is 6.54 Å². The first kappa shape index (κ1) is 13.3. The van der Waals surface area contributed by atoms with Crippen molar-refractivity contribution in [3.63, 3.8) is 0 Å². The summed E-state index contributed by atoms with van der Waals surface area (Å²) in [5.74, 6) is 0. The van der Waals surface area contributed by atoms with Gasteiger partial charge in [0, 0.05) is 6.54 Å². The van der Waals surface area contributed by atoms with Crippen LogP contribution in [0.2, 0.25) is 5.02 Å². The molecule has 16 heavy (non-hydrogen) atoms. The van der Waals surface area contributed by atoms with Crippen molar-refractivity contribution in [2.24, 2.45) is 5.73 Å². The van der Waals surface area contributed by atoms with Crippen LogP contribution in [0, 0.1) is 0 Å². The van der Waals surface area contributed by atoms with Gasteiger partial charge in [0.25, 0.3) is 0 Å². The normalized spacial score (nSPS) is 13.9. The van der Waals surface area contributed by atoms with Gasteiger partial charge in [-0.15, -0.1) is 0 Å². The first-order chi connectivity index (χ1) is 7.34. The Hall–Kier alpha value is -0.780. The molecule has 1 aromatic carbocycles. The molecule has 1 rings (SSSR count). The number of rotatable bonds is 3. The van der Waals surface area contributed by atoms with E-state index in [2.05, 4.69) is 0 Å². The summed E-state index contributed by atoms with van der Waals surface area (Å²) in [4.78, 5) is 0. The smallest absolute Gasteiger partial charge is 0.391 e. The maximum atomic E-state index is 12.5. The molecule has 0 aliphatic rings. The molecule has 0 aliphatic heterocycles. The van der Waals surface area contributed by atoms with Crippen LogP contribution in [0.4, 0.5) is 13.2 Å². The highest BCUT2D eigenvalue weighted by Crippen LogP contribution is 2.35. The molecule has 0 aliphatic carbocycles. The molecule has 0 amide bonds. The van der Waals surface area contributed by atoms with E-state index < -0.39 is 17.8 Å². The van der Waals surface area contributed by atoms with E-state index in [1.165, 1.54) is 12.1 Å². The van der Waals surface area contributed by atoms with Crippen molar-refractivity contribution in [1.82, 2.24) is 0 Å².